The summed E-state index contributed by atoms with van der Waals surface area (Å²) in [6, 6.07) is 17.5. The van der Waals surface area contributed by atoms with E-state index in [1.165, 1.54) is 0 Å². The van der Waals surface area contributed by atoms with Crippen molar-refractivity contribution in [3.63, 3.8) is 0 Å². The van der Waals surface area contributed by atoms with Crippen molar-refractivity contribution < 1.29 is 14.6 Å². The second-order valence-electron chi connectivity index (χ2n) is 6.00. The maximum absolute atomic E-state index is 11.1. The van der Waals surface area contributed by atoms with Gasteiger partial charge in [0.05, 0.1) is 23.5 Å². The number of ether oxygens (including phenoxy) is 1. The summed E-state index contributed by atoms with van der Waals surface area (Å²) in [5, 5.41) is 19.4. The van der Waals surface area contributed by atoms with Crippen molar-refractivity contribution >= 4 is 34.5 Å². The van der Waals surface area contributed by atoms with Gasteiger partial charge >= 0.3 is 0 Å². The van der Waals surface area contributed by atoms with Gasteiger partial charge < -0.3 is 19.2 Å². The van der Waals surface area contributed by atoms with Gasteiger partial charge in [-0.2, -0.15) is 0 Å². The quantitative estimate of drug-likeness (QED) is 0.455. The Hall–Kier alpha value is -3.00. The number of rotatable bonds is 7. The van der Waals surface area contributed by atoms with Crippen molar-refractivity contribution in [2.24, 2.45) is 0 Å². The van der Waals surface area contributed by atoms with Crippen molar-refractivity contribution in [3.05, 3.63) is 54.6 Å². The first-order chi connectivity index (χ1) is 13.1. The number of carboxylic acid groups (broad SMARTS) is 1. The Morgan fingerprint density at radius 2 is 1.81 bits per heavy atom. The second-order valence-corrected chi connectivity index (χ2v) is 7.31. The molecule has 0 unspecified atom stereocenters. The number of imidazole rings is 1. The molecule has 1 atom stereocenters. The molecule has 0 bridgehead atoms. The highest BCUT2D eigenvalue weighted by molar-refractivity contribution is 8.00. The zero-order valence-electron chi connectivity index (χ0n) is 14.6. The summed E-state index contributed by atoms with van der Waals surface area (Å²) in [6.45, 7) is 2.64. The minimum absolute atomic E-state index is 0.475. The topological polar surface area (TPSA) is 84.5 Å². The van der Waals surface area contributed by atoms with Gasteiger partial charge in [0, 0.05) is 5.25 Å². The molecule has 0 amide bonds. The van der Waals surface area contributed by atoms with E-state index in [0.29, 0.717) is 24.1 Å². The summed E-state index contributed by atoms with van der Waals surface area (Å²) in [6.07, 6.45) is 0. The van der Waals surface area contributed by atoms with Crippen LogP contribution in [0.3, 0.4) is 0 Å². The highest BCUT2D eigenvalue weighted by atomic mass is 32.2. The number of carboxylic acids is 1. The smallest absolute Gasteiger partial charge is 0.237 e. The number of hydrogen-bond acceptors (Lipinski definition) is 6. The molecule has 0 spiro atoms. The van der Waals surface area contributed by atoms with Crippen LogP contribution in [0.5, 0.6) is 5.75 Å². The number of carbonyl (C=O) groups excluding carboxylic acids is 1. The van der Waals surface area contributed by atoms with Gasteiger partial charge in [-0.05, 0) is 31.2 Å². The fourth-order valence-corrected chi connectivity index (χ4v) is 3.70. The molecule has 0 aliphatic carbocycles. The third-order valence-electron chi connectivity index (χ3n) is 4.21. The molecule has 0 aliphatic rings. The number of thioether (sulfide) groups is 1. The Morgan fingerprint density at radius 3 is 2.56 bits per heavy atom. The van der Waals surface area contributed by atoms with Crippen molar-refractivity contribution in [1.29, 1.82) is 0 Å². The molecule has 138 valence electrons. The Morgan fingerprint density at radius 1 is 1.11 bits per heavy atom. The van der Waals surface area contributed by atoms with E-state index < -0.39 is 11.2 Å². The molecule has 2 aromatic carbocycles. The molecule has 4 rings (SSSR count). The summed E-state index contributed by atoms with van der Waals surface area (Å²) >= 11 is 1.12. The van der Waals surface area contributed by atoms with E-state index in [1.54, 1.807) is 6.92 Å². The van der Waals surface area contributed by atoms with E-state index in [9.17, 15) is 9.90 Å². The third kappa shape index (κ3) is 3.35. The average Bonchev–Trinajstić information content (AvgIpc) is 3.22. The summed E-state index contributed by atoms with van der Waals surface area (Å²) in [5.41, 5.74) is 1.91. The van der Waals surface area contributed by atoms with Crippen molar-refractivity contribution in [2.45, 2.75) is 23.9 Å². The molecule has 0 saturated heterocycles. The first-order valence-electron chi connectivity index (χ1n) is 8.53. The fourth-order valence-electron chi connectivity index (χ4n) is 2.91. The molecule has 0 saturated carbocycles. The number of nitrogens with zero attached hydrogens (tertiary/aromatic N) is 4. The van der Waals surface area contributed by atoms with Gasteiger partial charge in [-0.25, -0.2) is 0 Å². The van der Waals surface area contributed by atoms with Gasteiger partial charge in [0.15, 0.2) is 5.16 Å². The second kappa shape index (κ2) is 7.32. The van der Waals surface area contributed by atoms with E-state index in [-0.39, 0.29) is 0 Å². The van der Waals surface area contributed by atoms with Crippen LogP contribution in [0.1, 0.15) is 6.92 Å². The van der Waals surface area contributed by atoms with Crippen LogP contribution in [0.15, 0.2) is 59.8 Å². The lowest BCUT2D eigenvalue weighted by atomic mass is 10.3. The van der Waals surface area contributed by atoms with Crippen LogP contribution >= 0.6 is 11.8 Å². The van der Waals surface area contributed by atoms with E-state index >= 15 is 0 Å². The number of benzene rings is 2. The Labute approximate surface area is 159 Å². The molecule has 0 radical (unpaired) electrons. The van der Waals surface area contributed by atoms with Crippen LogP contribution in [0.4, 0.5) is 0 Å². The normalized spacial score (nSPS) is 12.5. The SMILES string of the molecule is C[C@H](Sc1nnc2n(CCOc3ccccc3)c3ccccc3n12)C(=O)[O-]. The first-order valence-corrected chi connectivity index (χ1v) is 9.41. The monoisotopic (exact) mass is 381 g/mol. The summed E-state index contributed by atoms with van der Waals surface area (Å²) in [7, 11) is 0. The standard InChI is InChI=1S/C19H18N4O3S/c1-13(17(24)25)27-19-21-20-18-22(11-12-26-14-7-3-2-4-8-14)15-9-5-6-10-16(15)23(18)19/h2-10,13H,11-12H2,1H3,(H,24,25)/p-1/t13-/m0/s1. The third-order valence-corrected chi connectivity index (χ3v) is 5.23. The largest absolute Gasteiger partial charge is 0.549 e. The first kappa shape index (κ1) is 17.4. The summed E-state index contributed by atoms with van der Waals surface area (Å²) in [5.74, 6) is 0.336. The van der Waals surface area contributed by atoms with Crippen LogP contribution in [-0.4, -0.2) is 37.0 Å². The van der Waals surface area contributed by atoms with Crippen molar-refractivity contribution in [1.82, 2.24) is 19.2 Å². The molecule has 4 aromatic rings. The number of aliphatic carboxylic acids is 1. The van der Waals surface area contributed by atoms with Gasteiger partial charge in [-0.15, -0.1) is 10.2 Å². The molecule has 2 heterocycles. The number of carbonyl (C=O) groups is 1. The number of hydrogen-bond donors (Lipinski definition) is 0. The number of fused-ring (bicyclic) bond motifs is 3. The molecular weight excluding hydrogens is 364 g/mol. The van der Waals surface area contributed by atoms with E-state index in [2.05, 4.69) is 10.2 Å². The lowest BCUT2D eigenvalue weighted by Crippen LogP contribution is -2.31. The summed E-state index contributed by atoms with van der Waals surface area (Å²) < 4.78 is 9.71. The van der Waals surface area contributed by atoms with Crippen LogP contribution < -0.4 is 9.84 Å². The van der Waals surface area contributed by atoms with Crippen LogP contribution in [0.25, 0.3) is 16.8 Å². The van der Waals surface area contributed by atoms with E-state index in [0.717, 1.165) is 28.5 Å². The summed E-state index contributed by atoms with van der Waals surface area (Å²) in [4.78, 5) is 11.1. The highest BCUT2D eigenvalue weighted by Crippen LogP contribution is 2.28. The Balaban J connectivity index is 1.67. The molecule has 8 heteroatoms. The average molecular weight is 381 g/mol. The predicted molar refractivity (Wildman–Crippen MR) is 101 cm³/mol. The predicted octanol–water partition coefficient (Wildman–Crippen LogP) is 1.99. The van der Waals surface area contributed by atoms with Crippen LogP contribution in [0, 0.1) is 0 Å². The zero-order chi connectivity index (χ0) is 18.8. The molecule has 0 aliphatic heterocycles. The van der Waals surface area contributed by atoms with Crippen molar-refractivity contribution in [3.8, 4) is 5.75 Å². The number of aromatic nitrogens is 4. The highest BCUT2D eigenvalue weighted by Gasteiger charge is 2.19. The lowest BCUT2D eigenvalue weighted by Gasteiger charge is -2.09. The maximum atomic E-state index is 11.1. The molecule has 27 heavy (non-hydrogen) atoms. The van der Waals surface area contributed by atoms with Gasteiger partial charge in [0.25, 0.3) is 0 Å². The molecule has 2 aromatic heterocycles. The minimum Gasteiger partial charge on any atom is -0.549 e. The zero-order valence-corrected chi connectivity index (χ0v) is 15.4. The maximum Gasteiger partial charge on any atom is 0.237 e. The van der Waals surface area contributed by atoms with Crippen LogP contribution in [0.2, 0.25) is 0 Å². The van der Waals surface area contributed by atoms with Crippen LogP contribution in [-0.2, 0) is 11.3 Å². The minimum atomic E-state index is -1.13. The van der Waals surface area contributed by atoms with Crippen molar-refractivity contribution in [2.75, 3.05) is 6.61 Å². The Bertz CT molecular complexity index is 1090. The van der Waals surface area contributed by atoms with Gasteiger partial charge in [-0.1, -0.05) is 42.1 Å². The van der Waals surface area contributed by atoms with Gasteiger partial charge in [0.2, 0.25) is 5.78 Å². The fraction of sp³-hybridized carbons (Fsp3) is 0.211. The Kier molecular flexibility index (Phi) is 4.72. The van der Waals surface area contributed by atoms with Gasteiger partial charge in [-0.3, -0.25) is 4.40 Å². The molecule has 0 N–H and O–H groups in total. The molecule has 7 nitrogen and oxygen atoms in total. The molecule has 0 fully saturated rings. The van der Waals surface area contributed by atoms with Gasteiger partial charge in [0.1, 0.15) is 12.4 Å². The van der Waals surface area contributed by atoms with E-state index in [4.69, 9.17) is 4.74 Å². The number of para-hydroxylation sites is 3. The lowest BCUT2D eigenvalue weighted by molar-refractivity contribution is -0.304. The molecular formula is C19H17N4O3S-. The van der Waals surface area contributed by atoms with E-state index in [1.807, 2.05) is 63.6 Å².